The molecule has 1 aliphatic rings. The fourth-order valence-corrected chi connectivity index (χ4v) is 2.73. The average molecular weight is 333 g/mol. The largest absolute Gasteiger partial charge is 0.444 e. The second-order valence-electron chi connectivity index (χ2n) is 6.86. The third-order valence-corrected chi connectivity index (χ3v) is 3.73. The number of piperidine rings is 1. The van der Waals surface area contributed by atoms with Crippen molar-refractivity contribution in [1.29, 1.82) is 0 Å². The van der Waals surface area contributed by atoms with Crippen LogP contribution in [0.5, 0.6) is 0 Å². The first-order valence-corrected chi connectivity index (χ1v) is 7.62. The van der Waals surface area contributed by atoms with E-state index in [-0.39, 0.29) is 11.9 Å². The molecule has 2 unspecified atom stereocenters. The highest BCUT2D eigenvalue weighted by molar-refractivity contribution is 5.69. The van der Waals surface area contributed by atoms with Gasteiger partial charge in [0.1, 0.15) is 17.1 Å². The summed E-state index contributed by atoms with van der Waals surface area (Å²) in [6.45, 7) is 7.12. The SMILES string of the molecule is CC1CCCC(c2ncc(C(F)(F)F)[nH]2)N1C(=O)OC(C)(C)C. The summed E-state index contributed by atoms with van der Waals surface area (Å²) < 4.78 is 43.6. The van der Waals surface area contributed by atoms with Gasteiger partial charge in [-0.3, -0.25) is 4.90 Å². The lowest BCUT2D eigenvalue weighted by atomic mass is 9.96. The molecule has 1 amide bonds. The van der Waals surface area contributed by atoms with Gasteiger partial charge < -0.3 is 9.72 Å². The second-order valence-corrected chi connectivity index (χ2v) is 6.86. The van der Waals surface area contributed by atoms with Crippen molar-refractivity contribution in [1.82, 2.24) is 14.9 Å². The molecular weight excluding hydrogens is 311 g/mol. The molecule has 0 bridgehead atoms. The van der Waals surface area contributed by atoms with Crippen LogP contribution >= 0.6 is 0 Å². The topological polar surface area (TPSA) is 58.2 Å². The number of likely N-dealkylation sites (tertiary alicyclic amines) is 1. The van der Waals surface area contributed by atoms with Crippen LogP contribution < -0.4 is 0 Å². The number of carbonyl (C=O) groups is 1. The third kappa shape index (κ3) is 4.17. The summed E-state index contributed by atoms with van der Waals surface area (Å²) >= 11 is 0. The average Bonchev–Trinajstić information content (AvgIpc) is 2.85. The van der Waals surface area contributed by atoms with Gasteiger partial charge in [0.2, 0.25) is 0 Å². The maximum Gasteiger partial charge on any atom is 0.432 e. The van der Waals surface area contributed by atoms with E-state index in [0.29, 0.717) is 6.42 Å². The second kappa shape index (κ2) is 6.05. The zero-order chi connectivity index (χ0) is 17.4. The van der Waals surface area contributed by atoms with Gasteiger partial charge in [0.15, 0.2) is 0 Å². The van der Waals surface area contributed by atoms with Crippen molar-refractivity contribution in [3.8, 4) is 0 Å². The van der Waals surface area contributed by atoms with E-state index in [1.165, 1.54) is 4.90 Å². The number of carbonyl (C=O) groups excluding carboxylic acids is 1. The summed E-state index contributed by atoms with van der Waals surface area (Å²) in [6.07, 6.45) is -2.10. The Hall–Kier alpha value is -1.73. The number of rotatable bonds is 1. The van der Waals surface area contributed by atoms with Crippen LogP contribution in [-0.2, 0) is 10.9 Å². The number of ether oxygens (including phenoxy) is 1. The Kier molecular flexibility index (Phi) is 4.64. The van der Waals surface area contributed by atoms with E-state index in [4.69, 9.17) is 4.74 Å². The molecule has 1 aliphatic heterocycles. The summed E-state index contributed by atoms with van der Waals surface area (Å²) in [6, 6.07) is -0.660. The van der Waals surface area contributed by atoms with Crippen molar-refractivity contribution in [3.05, 3.63) is 17.7 Å². The molecule has 2 rings (SSSR count). The Balaban J connectivity index is 2.27. The molecule has 23 heavy (non-hydrogen) atoms. The van der Waals surface area contributed by atoms with Gasteiger partial charge in [-0.1, -0.05) is 0 Å². The minimum atomic E-state index is -4.48. The van der Waals surface area contributed by atoms with Gasteiger partial charge >= 0.3 is 12.3 Å². The van der Waals surface area contributed by atoms with Crippen molar-refractivity contribution < 1.29 is 22.7 Å². The van der Waals surface area contributed by atoms with Crippen LogP contribution in [0.2, 0.25) is 0 Å². The summed E-state index contributed by atoms with van der Waals surface area (Å²) in [5, 5.41) is 0. The molecule has 0 aliphatic carbocycles. The molecule has 5 nitrogen and oxygen atoms in total. The molecule has 0 saturated carbocycles. The van der Waals surface area contributed by atoms with Gasteiger partial charge in [-0.15, -0.1) is 0 Å². The monoisotopic (exact) mass is 333 g/mol. The van der Waals surface area contributed by atoms with E-state index >= 15 is 0 Å². The summed E-state index contributed by atoms with van der Waals surface area (Å²) in [4.78, 5) is 20.1. The summed E-state index contributed by atoms with van der Waals surface area (Å²) in [7, 11) is 0. The number of nitrogens with zero attached hydrogens (tertiary/aromatic N) is 2. The Morgan fingerprint density at radius 3 is 2.52 bits per heavy atom. The number of nitrogens with one attached hydrogen (secondary N) is 1. The van der Waals surface area contributed by atoms with Crippen LogP contribution in [-0.4, -0.2) is 32.6 Å². The number of alkyl halides is 3. The molecule has 1 saturated heterocycles. The molecule has 1 aromatic rings. The molecular formula is C15H22F3N3O2. The Bertz CT molecular complexity index is 563. The molecule has 1 N–H and O–H groups in total. The lowest BCUT2D eigenvalue weighted by Crippen LogP contribution is -2.46. The summed E-state index contributed by atoms with van der Waals surface area (Å²) in [5.41, 5.74) is -1.58. The molecule has 130 valence electrons. The predicted octanol–water partition coefficient (Wildman–Crippen LogP) is 4.28. The number of aromatic nitrogens is 2. The lowest BCUT2D eigenvalue weighted by molar-refractivity contribution is -0.141. The minimum absolute atomic E-state index is 0.122. The van der Waals surface area contributed by atoms with E-state index in [1.807, 2.05) is 6.92 Å². The number of halogens is 3. The molecule has 0 aromatic carbocycles. The van der Waals surface area contributed by atoms with E-state index in [2.05, 4.69) is 9.97 Å². The van der Waals surface area contributed by atoms with Crippen LogP contribution in [0.25, 0.3) is 0 Å². The van der Waals surface area contributed by atoms with Gasteiger partial charge in [0.25, 0.3) is 0 Å². The van der Waals surface area contributed by atoms with Crippen LogP contribution in [0.1, 0.15) is 64.5 Å². The molecule has 1 fully saturated rings. The highest BCUT2D eigenvalue weighted by Crippen LogP contribution is 2.36. The number of imidazole rings is 1. The van der Waals surface area contributed by atoms with Crippen LogP contribution in [0.4, 0.5) is 18.0 Å². The standard InChI is InChI=1S/C15H22F3N3O2/c1-9-6-5-7-10(21(9)13(22)23-14(2,3)4)12-19-8-11(20-12)15(16,17)18/h8-10H,5-7H2,1-4H3,(H,19,20). The number of amides is 1. The fraction of sp³-hybridized carbons (Fsp3) is 0.733. The van der Waals surface area contributed by atoms with Gasteiger partial charge in [-0.25, -0.2) is 9.78 Å². The maximum atomic E-state index is 12.7. The Labute approximate surface area is 133 Å². The Morgan fingerprint density at radius 2 is 2.00 bits per heavy atom. The highest BCUT2D eigenvalue weighted by atomic mass is 19.4. The molecule has 0 radical (unpaired) electrons. The Morgan fingerprint density at radius 1 is 1.35 bits per heavy atom. The van der Waals surface area contributed by atoms with Crippen LogP contribution in [0.15, 0.2) is 6.20 Å². The van der Waals surface area contributed by atoms with Gasteiger partial charge in [-0.2, -0.15) is 13.2 Å². The zero-order valence-electron chi connectivity index (χ0n) is 13.7. The van der Waals surface area contributed by atoms with Gasteiger partial charge in [0, 0.05) is 6.04 Å². The third-order valence-electron chi connectivity index (χ3n) is 3.73. The van der Waals surface area contributed by atoms with Gasteiger partial charge in [-0.05, 0) is 47.0 Å². The number of aromatic amines is 1. The van der Waals surface area contributed by atoms with Crippen molar-refractivity contribution >= 4 is 6.09 Å². The molecule has 2 atom stereocenters. The zero-order valence-corrected chi connectivity index (χ0v) is 13.7. The van der Waals surface area contributed by atoms with Crippen LogP contribution in [0.3, 0.4) is 0 Å². The highest BCUT2D eigenvalue weighted by Gasteiger charge is 2.39. The summed E-state index contributed by atoms with van der Waals surface area (Å²) in [5.74, 6) is 0.148. The first kappa shape index (κ1) is 17.6. The number of H-pyrrole nitrogens is 1. The van der Waals surface area contributed by atoms with Crippen molar-refractivity contribution in [2.45, 2.75) is 70.8 Å². The van der Waals surface area contributed by atoms with E-state index < -0.39 is 29.6 Å². The van der Waals surface area contributed by atoms with Crippen molar-refractivity contribution in [2.75, 3.05) is 0 Å². The first-order valence-electron chi connectivity index (χ1n) is 7.62. The van der Waals surface area contributed by atoms with Crippen LogP contribution in [0, 0.1) is 0 Å². The molecule has 1 aromatic heterocycles. The minimum Gasteiger partial charge on any atom is -0.444 e. The van der Waals surface area contributed by atoms with E-state index in [1.54, 1.807) is 20.8 Å². The van der Waals surface area contributed by atoms with Gasteiger partial charge in [0.05, 0.1) is 12.2 Å². The number of hydrogen-bond acceptors (Lipinski definition) is 3. The molecule has 8 heteroatoms. The lowest BCUT2D eigenvalue weighted by Gasteiger charge is -2.40. The van der Waals surface area contributed by atoms with Crippen molar-refractivity contribution in [3.63, 3.8) is 0 Å². The maximum absolute atomic E-state index is 12.7. The molecule has 0 spiro atoms. The number of hydrogen-bond donors (Lipinski definition) is 1. The predicted molar refractivity (Wildman–Crippen MR) is 77.7 cm³/mol. The normalized spacial score (nSPS) is 23.0. The fourth-order valence-electron chi connectivity index (χ4n) is 2.73. The smallest absolute Gasteiger partial charge is 0.432 e. The van der Waals surface area contributed by atoms with E-state index in [9.17, 15) is 18.0 Å². The van der Waals surface area contributed by atoms with Crippen molar-refractivity contribution in [2.24, 2.45) is 0 Å². The first-order chi connectivity index (χ1) is 10.5. The quantitative estimate of drug-likeness (QED) is 0.834. The molecule has 2 heterocycles. The van der Waals surface area contributed by atoms with E-state index in [0.717, 1.165) is 19.0 Å².